The number of halogens is 1. The third-order valence-corrected chi connectivity index (χ3v) is 4.51. The zero-order valence-electron chi connectivity index (χ0n) is 15.1. The smallest absolute Gasteiger partial charge is 0.343 e. The molecule has 6 heteroatoms. The molecule has 0 aliphatic carbocycles. The molecule has 0 saturated heterocycles. The summed E-state index contributed by atoms with van der Waals surface area (Å²) in [5.74, 6) is 0.209. The Morgan fingerprint density at radius 1 is 1.15 bits per heavy atom. The number of esters is 1. The highest BCUT2D eigenvalue weighted by atomic mass is 35.5. The molecule has 1 heterocycles. The summed E-state index contributed by atoms with van der Waals surface area (Å²) in [6.07, 6.45) is 2.71. The Bertz CT molecular complexity index is 1020. The van der Waals surface area contributed by atoms with Gasteiger partial charge in [0.2, 0.25) is 0 Å². The first-order valence-corrected chi connectivity index (χ1v) is 9.02. The second-order valence-electron chi connectivity index (χ2n) is 6.09. The third-order valence-electron chi connectivity index (χ3n) is 4.21. The van der Waals surface area contributed by atoms with E-state index in [0.717, 1.165) is 30.2 Å². The van der Waals surface area contributed by atoms with Crippen LogP contribution in [0.25, 0.3) is 11.0 Å². The number of aryl methyl sites for hydroxylation is 1. The molecule has 1 aromatic heterocycles. The molecule has 3 aromatic rings. The molecule has 140 valence electrons. The minimum atomic E-state index is -0.566. The molecule has 0 radical (unpaired) electrons. The van der Waals surface area contributed by atoms with Crippen molar-refractivity contribution in [2.45, 2.75) is 26.2 Å². The molecular weight excluding hydrogens is 368 g/mol. The van der Waals surface area contributed by atoms with Crippen LogP contribution in [0, 0.1) is 0 Å². The van der Waals surface area contributed by atoms with E-state index >= 15 is 0 Å². The Hall–Kier alpha value is -2.79. The maximum Gasteiger partial charge on any atom is 0.343 e. The van der Waals surface area contributed by atoms with E-state index in [2.05, 4.69) is 6.92 Å². The van der Waals surface area contributed by atoms with Crippen LogP contribution in [-0.2, 0) is 6.42 Å². The van der Waals surface area contributed by atoms with E-state index in [4.69, 9.17) is 25.5 Å². The molecule has 0 saturated carbocycles. The highest BCUT2D eigenvalue weighted by molar-refractivity contribution is 6.33. The van der Waals surface area contributed by atoms with Gasteiger partial charge in [-0.15, -0.1) is 0 Å². The van der Waals surface area contributed by atoms with Crippen molar-refractivity contribution >= 4 is 28.5 Å². The highest BCUT2D eigenvalue weighted by Crippen LogP contribution is 2.32. The van der Waals surface area contributed by atoms with Gasteiger partial charge in [-0.1, -0.05) is 24.9 Å². The lowest BCUT2D eigenvalue weighted by Gasteiger charge is -2.10. The van der Waals surface area contributed by atoms with E-state index in [1.807, 2.05) is 0 Å². The van der Waals surface area contributed by atoms with E-state index in [-0.39, 0.29) is 10.8 Å². The molecule has 3 rings (SSSR count). The lowest BCUT2D eigenvalue weighted by molar-refractivity contribution is 0.0735. The molecule has 0 aliphatic rings. The topological polar surface area (TPSA) is 65.7 Å². The molecular formula is C21H19ClO5. The van der Waals surface area contributed by atoms with Gasteiger partial charge in [-0.2, -0.15) is 0 Å². The first-order valence-electron chi connectivity index (χ1n) is 8.64. The number of benzene rings is 2. The van der Waals surface area contributed by atoms with Crippen molar-refractivity contribution in [3.8, 4) is 11.5 Å². The van der Waals surface area contributed by atoms with Gasteiger partial charge < -0.3 is 13.9 Å². The number of hydrogen-bond donors (Lipinski definition) is 0. The average Bonchev–Trinajstić information content (AvgIpc) is 2.67. The summed E-state index contributed by atoms with van der Waals surface area (Å²) in [4.78, 5) is 24.2. The summed E-state index contributed by atoms with van der Waals surface area (Å²) >= 11 is 6.31. The molecule has 27 heavy (non-hydrogen) atoms. The van der Waals surface area contributed by atoms with Crippen LogP contribution >= 0.6 is 11.6 Å². The number of methoxy groups -OCH3 is 1. The first-order chi connectivity index (χ1) is 13.0. The van der Waals surface area contributed by atoms with Crippen LogP contribution in [0.2, 0.25) is 5.02 Å². The van der Waals surface area contributed by atoms with Gasteiger partial charge in [-0.3, -0.25) is 0 Å². The minimum Gasteiger partial charge on any atom is -0.497 e. The van der Waals surface area contributed by atoms with Gasteiger partial charge in [0.25, 0.3) is 0 Å². The van der Waals surface area contributed by atoms with Crippen molar-refractivity contribution in [3.05, 3.63) is 69.0 Å². The van der Waals surface area contributed by atoms with Crippen LogP contribution in [-0.4, -0.2) is 13.1 Å². The van der Waals surface area contributed by atoms with Crippen LogP contribution in [0.15, 0.2) is 51.7 Å². The van der Waals surface area contributed by atoms with Crippen molar-refractivity contribution in [1.29, 1.82) is 0 Å². The molecule has 0 spiro atoms. The SMILES string of the molecule is CCCCc1cc(=O)oc2cc(OC(=O)c3ccc(OC)cc3)c(Cl)cc12. The van der Waals surface area contributed by atoms with E-state index in [1.165, 1.54) is 12.1 Å². The number of hydrogen-bond acceptors (Lipinski definition) is 5. The van der Waals surface area contributed by atoms with Gasteiger partial charge in [0.1, 0.15) is 11.3 Å². The summed E-state index contributed by atoms with van der Waals surface area (Å²) in [5, 5.41) is 1.02. The predicted molar refractivity (Wildman–Crippen MR) is 104 cm³/mol. The first kappa shape index (κ1) is 19.0. The quantitative estimate of drug-likeness (QED) is 0.338. The van der Waals surface area contributed by atoms with Gasteiger partial charge in [0, 0.05) is 17.5 Å². The Morgan fingerprint density at radius 2 is 1.89 bits per heavy atom. The number of fused-ring (bicyclic) bond motifs is 1. The molecule has 0 aliphatic heterocycles. The Labute approximate surface area is 161 Å². The lowest BCUT2D eigenvalue weighted by atomic mass is 10.0. The third kappa shape index (κ3) is 4.31. The van der Waals surface area contributed by atoms with E-state index in [1.54, 1.807) is 37.4 Å². The van der Waals surface area contributed by atoms with Crippen molar-refractivity contribution in [1.82, 2.24) is 0 Å². The summed E-state index contributed by atoms with van der Waals surface area (Å²) in [6, 6.07) is 11.2. The number of carbonyl (C=O) groups excluding carboxylic acids is 1. The van der Waals surface area contributed by atoms with Crippen LogP contribution in [0.1, 0.15) is 35.7 Å². The van der Waals surface area contributed by atoms with Gasteiger partial charge in [0.15, 0.2) is 5.75 Å². The Morgan fingerprint density at radius 3 is 2.56 bits per heavy atom. The molecule has 2 aromatic carbocycles. The maximum absolute atomic E-state index is 12.4. The van der Waals surface area contributed by atoms with Crippen LogP contribution in [0.3, 0.4) is 0 Å². The highest BCUT2D eigenvalue weighted by Gasteiger charge is 2.15. The normalized spacial score (nSPS) is 10.8. The van der Waals surface area contributed by atoms with E-state index in [0.29, 0.717) is 16.9 Å². The summed E-state index contributed by atoms with van der Waals surface area (Å²) in [6.45, 7) is 2.08. The van der Waals surface area contributed by atoms with E-state index in [9.17, 15) is 9.59 Å². The zero-order valence-corrected chi connectivity index (χ0v) is 15.8. The molecule has 0 amide bonds. The molecule has 0 atom stereocenters. The van der Waals surface area contributed by atoms with Crippen LogP contribution in [0.5, 0.6) is 11.5 Å². The zero-order chi connectivity index (χ0) is 19.4. The van der Waals surface area contributed by atoms with Crippen molar-refractivity contribution in [2.24, 2.45) is 0 Å². The van der Waals surface area contributed by atoms with Gasteiger partial charge in [-0.25, -0.2) is 9.59 Å². The number of ether oxygens (including phenoxy) is 2. The molecule has 5 nitrogen and oxygen atoms in total. The Balaban J connectivity index is 1.93. The lowest BCUT2D eigenvalue weighted by Crippen LogP contribution is -2.09. The van der Waals surface area contributed by atoms with Crippen molar-refractivity contribution < 1.29 is 18.7 Å². The van der Waals surface area contributed by atoms with Crippen molar-refractivity contribution in [3.63, 3.8) is 0 Å². The summed E-state index contributed by atoms with van der Waals surface area (Å²) in [5.41, 5.74) is 1.13. The summed E-state index contributed by atoms with van der Waals surface area (Å²) in [7, 11) is 1.55. The number of carbonyl (C=O) groups is 1. The fraction of sp³-hybridized carbons (Fsp3) is 0.238. The minimum absolute atomic E-state index is 0.140. The average molecular weight is 387 g/mol. The molecule has 0 fully saturated rings. The monoisotopic (exact) mass is 386 g/mol. The second kappa shape index (κ2) is 8.27. The number of unbranched alkanes of at least 4 members (excludes halogenated alkanes) is 1. The Kier molecular flexibility index (Phi) is 5.81. The second-order valence-corrected chi connectivity index (χ2v) is 6.50. The largest absolute Gasteiger partial charge is 0.497 e. The van der Waals surface area contributed by atoms with Crippen molar-refractivity contribution in [2.75, 3.05) is 7.11 Å². The molecule has 0 unspecified atom stereocenters. The van der Waals surface area contributed by atoms with Crippen LogP contribution in [0.4, 0.5) is 0 Å². The molecule has 0 bridgehead atoms. The van der Waals surface area contributed by atoms with Crippen LogP contribution < -0.4 is 15.1 Å². The fourth-order valence-electron chi connectivity index (χ4n) is 2.77. The number of rotatable bonds is 6. The van der Waals surface area contributed by atoms with Gasteiger partial charge in [0.05, 0.1) is 17.7 Å². The van der Waals surface area contributed by atoms with Gasteiger partial charge in [-0.05, 0) is 48.7 Å². The fourth-order valence-corrected chi connectivity index (χ4v) is 2.97. The van der Waals surface area contributed by atoms with Gasteiger partial charge >= 0.3 is 11.6 Å². The standard InChI is InChI=1S/C21H19ClO5/c1-3-4-5-14-10-20(23)26-18-12-19(17(22)11-16(14)18)27-21(24)13-6-8-15(25-2)9-7-13/h6-12H,3-5H2,1-2H3. The predicted octanol–water partition coefficient (Wildman–Crippen LogP) is 5.02. The summed E-state index contributed by atoms with van der Waals surface area (Å²) < 4.78 is 15.7. The maximum atomic E-state index is 12.4. The molecule has 0 N–H and O–H groups in total. The van der Waals surface area contributed by atoms with E-state index < -0.39 is 11.6 Å².